The lowest BCUT2D eigenvalue weighted by Crippen LogP contribution is -2.29. The molecule has 2 aromatic heterocycles. The molecule has 19 nitrogen and oxygen atoms in total. The van der Waals surface area contributed by atoms with Crippen molar-refractivity contribution in [1.29, 1.82) is 15.8 Å². The summed E-state index contributed by atoms with van der Waals surface area (Å²) in [5.41, 5.74) is 2.78. The van der Waals surface area contributed by atoms with E-state index >= 15 is 4.39 Å². The number of benzene rings is 6. The number of aromatic nitrogens is 2. The van der Waals surface area contributed by atoms with Gasteiger partial charge in [0.2, 0.25) is 0 Å². The number of methoxy groups -OCH3 is 3. The van der Waals surface area contributed by atoms with Gasteiger partial charge < -0.3 is 59.4 Å². The van der Waals surface area contributed by atoms with E-state index in [1.807, 2.05) is 18.2 Å². The molecule has 25 heteroatoms. The summed E-state index contributed by atoms with van der Waals surface area (Å²) >= 11 is 6.04. The molecule has 8 aromatic rings. The maximum Gasteiger partial charge on any atom is 0.488 e. The Kier molecular flexibility index (Phi) is 24.7. The number of nitro groups is 2. The maximum absolute atomic E-state index is 15.1. The lowest BCUT2D eigenvalue weighted by molar-refractivity contribution is -0.389. The van der Waals surface area contributed by atoms with Crippen molar-refractivity contribution in [2.24, 2.45) is 0 Å². The minimum atomic E-state index is -1.50. The molecule has 0 aliphatic carbocycles. The number of phenolic OH excluding ortho intramolecular Hbond substituents is 2. The molecule has 6 aromatic carbocycles. The standard InChI is InChI=1S/C19H12FN3O4.C14H10FNO2.C7H6BNO2.C7H6BrFO2.C5H3BrN2O2.CH4/c1-26-15-6-7-16(27-14-5-8-17(22-11-14)23(24)25)19(20)18(15)13-4-2-3-12(9-13)10-21;1-18-12-6-5-11(17)14(15)13(12)10-4-2-3-9(7-10)8-16;9-5-6-2-1-3-7(4-6)8(10)11;1-11-5-3-2-4(10)7(9)6(5)8;6-4-1-2-5(7-3-4)8(9)10;/h2-9,11H,1H3;2-7,17H,1H3;1-4,10-11H;2-3,10H,1H3;1-3H;1H4. The topological polar surface area (TPSA) is 301 Å². The molecule has 0 spiro atoms. The van der Waals surface area contributed by atoms with Crippen molar-refractivity contribution < 1.29 is 62.2 Å². The molecule has 0 radical (unpaired) electrons. The number of hydrogen-bond donors (Lipinski definition) is 4. The van der Waals surface area contributed by atoms with Crippen LogP contribution in [-0.2, 0) is 0 Å². The van der Waals surface area contributed by atoms with Gasteiger partial charge in [-0.1, -0.05) is 43.8 Å². The number of nitrogens with zero attached hydrogens (tertiary/aromatic N) is 7. The third-order valence-corrected chi connectivity index (χ3v) is 11.0. The zero-order chi connectivity index (χ0) is 56.8. The Labute approximate surface area is 460 Å². The lowest BCUT2D eigenvalue weighted by atomic mass is 9.80. The zero-order valence-corrected chi connectivity index (χ0v) is 43.2. The Hall–Kier alpha value is -9.58. The first-order valence-electron chi connectivity index (χ1n) is 21.3. The molecule has 0 saturated heterocycles. The molecule has 78 heavy (non-hydrogen) atoms. The van der Waals surface area contributed by atoms with Gasteiger partial charge in [0.05, 0.1) is 76.3 Å². The third kappa shape index (κ3) is 17.5. The van der Waals surface area contributed by atoms with Crippen molar-refractivity contribution in [3.63, 3.8) is 0 Å². The van der Waals surface area contributed by atoms with E-state index in [-0.39, 0.29) is 51.9 Å². The molecule has 0 atom stereocenters. The van der Waals surface area contributed by atoms with Crippen LogP contribution in [0.15, 0.2) is 155 Å². The first-order chi connectivity index (χ1) is 36.8. The van der Waals surface area contributed by atoms with Gasteiger partial charge in [-0.15, -0.1) is 0 Å². The molecule has 4 N–H and O–H groups in total. The highest BCUT2D eigenvalue weighted by Gasteiger charge is 2.20. The van der Waals surface area contributed by atoms with Crippen LogP contribution in [0.2, 0.25) is 0 Å². The van der Waals surface area contributed by atoms with Crippen LogP contribution in [0, 0.1) is 71.7 Å². The highest BCUT2D eigenvalue weighted by molar-refractivity contribution is 9.10. The van der Waals surface area contributed by atoms with Gasteiger partial charge >= 0.3 is 18.8 Å². The Morgan fingerprint density at radius 3 is 1.45 bits per heavy atom. The van der Waals surface area contributed by atoms with Crippen LogP contribution < -0.4 is 24.4 Å². The summed E-state index contributed by atoms with van der Waals surface area (Å²) in [6.45, 7) is 0. The van der Waals surface area contributed by atoms with Crippen LogP contribution in [0.25, 0.3) is 22.3 Å². The van der Waals surface area contributed by atoms with Gasteiger partial charge in [0.1, 0.15) is 17.2 Å². The molecule has 0 aliphatic rings. The van der Waals surface area contributed by atoms with E-state index in [4.69, 9.17) is 49.9 Å². The summed E-state index contributed by atoms with van der Waals surface area (Å²) in [6, 6.07) is 38.7. The highest BCUT2D eigenvalue weighted by Crippen LogP contribution is 2.40. The van der Waals surface area contributed by atoms with Gasteiger partial charge in [-0.2, -0.15) is 15.8 Å². The number of hydrogen-bond acceptors (Lipinski definition) is 17. The van der Waals surface area contributed by atoms with Gasteiger partial charge in [-0.3, -0.25) is 0 Å². The van der Waals surface area contributed by atoms with Crippen LogP contribution in [0.1, 0.15) is 24.1 Å². The minimum Gasteiger partial charge on any atom is -0.505 e. The number of aromatic hydroxyl groups is 2. The number of ether oxygens (including phenoxy) is 4. The largest absolute Gasteiger partial charge is 0.505 e. The van der Waals surface area contributed by atoms with Crippen LogP contribution in [0.5, 0.6) is 40.2 Å². The monoisotopic (exact) mass is 1190 g/mol. The molecule has 398 valence electrons. The smallest absolute Gasteiger partial charge is 0.488 e. The predicted molar refractivity (Wildman–Crippen MR) is 287 cm³/mol. The van der Waals surface area contributed by atoms with Crippen molar-refractivity contribution in [3.8, 4) is 80.7 Å². The average molecular weight is 1200 g/mol. The third-order valence-electron chi connectivity index (χ3n) is 9.75. The minimum absolute atomic E-state index is 0. The van der Waals surface area contributed by atoms with Gasteiger partial charge in [0, 0.05) is 12.1 Å². The second kappa shape index (κ2) is 30.7. The van der Waals surface area contributed by atoms with Crippen LogP contribution in [-0.4, -0.2) is 68.5 Å². The molecule has 0 unspecified atom stereocenters. The number of rotatable bonds is 10. The van der Waals surface area contributed by atoms with Gasteiger partial charge in [-0.25, -0.2) is 13.2 Å². The van der Waals surface area contributed by atoms with Crippen molar-refractivity contribution in [2.75, 3.05) is 21.3 Å². The van der Waals surface area contributed by atoms with Crippen LogP contribution in [0.4, 0.5) is 24.8 Å². The Morgan fingerprint density at radius 2 is 1.00 bits per heavy atom. The van der Waals surface area contributed by atoms with E-state index in [0.29, 0.717) is 44.8 Å². The van der Waals surface area contributed by atoms with Crippen molar-refractivity contribution in [2.45, 2.75) is 7.43 Å². The molecule has 0 fully saturated rings. The molecular formula is C53H41BBr2F3N7O12. The first kappa shape index (κ1) is 62.7. The molecule has 2 heterocycles. The van der Waals surface area contributed by atoms with E-state index in [0.717, 1.165) is 16.7 Å². The summed E-state index contributed by atoms with van der Waals surface area (Å²) in [5.74, 6) is -2.50. The summed E-state index contributed by atoms with van der Waals surface area (Å²) in [5, 5.41) is 82.7. The number of pyridine rings is 2. The van der Waals surface area contributed by atoms with Crippen molar-refractivity contribution in [3.05, 3.63) is 209 Å². The fourth-order valence-electron chi connectivity index (χ4n) is 6.12. The van der Waals surface area contributed by atoms with E-state index in [1.165, 1.54) is 88.2 Å². The summed E-state index contributed by atoms with van der Waals surface area (Å²) < 4.78 is 63.3. The van der Waals surface area contributed by atoms with E-state index in [2.05, 4.69) is 41.8 Å². The zero-order valence-electron chi connectivity index (χ0n) is 40.0. The normalized spacial score (nSPS) is 9.58. The second-order valence-corrected chi connectivity index (χ2v) is 16.4. The van der Waals surface area contributed by atoms with Crippen molar-refractivity contribution >= 4 is 56.1 Å². The predicted octanol–water partition coefficient (Wildman–Crippen LogP) is 11.5. The van der Waals surface area contributed by atoms with Gasteiger partial charge in [-0.05, 0) is 153 Å². The number of phenols is 2. The first-order valence-corrected chi connectivity index (χ1v) is 22.9. The lowest BCUT2D eigenvalue weighted by Gasteiger charge is -2.13. The quantitative estimate of drug-likeness (QED) is 0.0562. The van der Waals surface area contributed by atoms with E-state index in [9.17, 15) is 34.1 Å². The molecule has 0 aliphatic heterocycles. The van der Waals surface area contributed by atoms with Gasteiger partial charge in [0.15, 0.2) is 52.8 Å². The molecule has 8 rings (SSSR count). The molecule has 0 saturated carbocycles. The Balaban J connectivity index is 0.000000272. The van der Waals surface area contributed by atoms with Crippen molar-refractivity contribution in [1.82, 2.24) is 9.97 Å². The summed E-state index contributed by atoms with van der Waals surface area (Å²) in [4.78, 5) is 26.7. The number of nitriles is 3. The molecular weight excluding hydrogens is 1150 g/mol. The maximum atomic E-state index is 15.1. The summed E-state index contributed by atoms with van der Waals surface area (Å²) in [6.07, 6.45) is 2.52. The Bertz CT molecular complexity index is 3500. The van der Waals surface area contributed by atoms with Crippen LogP contribution in [0.3, 0.4) is 0 Å². The van der Waals surface area contributed by atoms with Crippen LogP contribution >= 0.6 is 31.9 Å². The Morgan fingerprint density at radius 1 is 0.564 bits per heavy atom. The van der Waals surface area contributed by atoms with Gasteiger partial charge in [0.25, 0.3) is 0 Å². The fourth-order valence-corrected chi connectivity index (χ4v) is 6.86. The summed E-state index contributed by atoms with van der Waals surface area (Å²) in [7, 11) is 2.76. The molecule has 0 amide bonds. The average Bonchev–Trinajstić information content (AvgIpc) is 3.44. The van der Waals surface area contributed by atoms with E-state index in [1.54, 1.807) is 66.7 Å². The molecule has 0 bridgehead atoms. The SMILES string of the molecule is C.COc1ccc(O)c(F)c1-c1cccc(C#N)c1.COc1ccc(O)c(F)c1Br.COc1ccc(Oc2ccc([N+](=O)[O-])nc2)c(F)c1-c1cccc(C#N)c1.N#Cc1cccc(B(O)O)c1.O=[N+]([O-])c1ccc(Br)cn1. The second-order valence-electron chi connectivity index (χ2n) is 14.6. The fraction of sp³-hybridized carbons (Fsp3) is 0.0755. The number of halogens is 5. The van der Waals surface area contributed by atoms with E-state index < -0.39 is 45.9 Å². The highest BCUT2D eigenvalue weighted by atomic mass is 79.9.